The van der Waals surface area contributed by atoms with Crippen molar-refractivity contribution in [1.29, 1.82) is 0 Å². The first-order valence-corrected chi connectivity index (χ1v) is 5.13. The molecule has 0 aromatic carbocycles. The van der Waals surface area contributed by atoms with Crippen LogP contribution in [0.1, 0.15) is 33.1 Å². The van der Waals surface area contributed by atoms with Crippen molar-refractivity contribution >= 4 is 18.1 Å². The van der Waals surface area contributed by atoms with E-state index in [1.165, 1.54) is 12.8 Å². The van der Waals surface area contributed by atoms with E-state index in [1.54, 1.807) is 0 Å². The average molecular weight is 218 g/mol. The Bertz CT molecular complexity index is 235. The van der Waals surface area contributed by atoms with E-state index in [0.717, 1.165) is 25.2 Å². The van der Waals surface area contributed by atoms with Gasteiger partial charge in [0, 0.05) is 19.3 Å². The van der Waals surface area contributed by atoms with Crippen molar-refractivity contribution in [1.82, 2.24) is 9.78 Å². The Morgan fingerprint density at radius 3 is 2.79 bits per heavy atom. The van der Waals surface area contributed by atoms with Crippen LogP contribution in [-0.4, -0.2) is 16.3 Å². The first kappa shape index (κ1) is 13.3. The number of aryl methyl sites for hydroxylation is 1. The molecule has 0 aliphatic heterocycles. The zero-order chi connectivity index (χ0) is 9.52. The van der Waals surface area contributed by atoms with Gasteiger partial charge < -0.3 is 5.32 Å². The van der Waals surface area contributed by atoms with E-state index >= 15 is 0 Å². The first-order chi connectivity index (χ1) is 6.36. The average Bonchev–Trinajstić information content (AvgIpc) is 2.54. The van der Waals surface area contributed by atoms with E-state index in [1.807, 2.05) is 10.9 Å². The second kappa shape index (κ2) is 7.68. The summed E-state index contributed by atoms with van der Waals surface area (Å²) in [6.45, 7) is 6.41. The van der Waals surface area contributed by atoms with Crippen LogP contribution in [0.3, 0.4) is 0 Å². The number of hydrogen-bond donors (Lipinski definition) is 1. The maximum absolute atomic E-state index is 4.24. The molecule has 0 atom stereocenters. The second-order valence-electron chi connectivity index (χ2n) is 3.27. The van der Waals surface area contributed by atoms with Crippen molar-refractivity contribution in [3.05, 3.63) is 12.4 Å². The first-order valence-electron chi connectivity index (χ1n) is 5.13. The third-order valence-corrected chi connectivity index (χ3v) is 1.95. The second-order valence-corrected chi connectivity index (χ2v) is 3.27. The third-order valence-electron chi connectivity index (χ3n) is 1.95. The summed E-state index contributed by atoms with van der Waals surface area (Å²) in [6, 6.07) is 0. The van der Waals surface area contributed by atoms with Gasteiger partial charge in [-0.1, -0.05) is 20.3 Å². The summed E-state index contributed by atoms with van der Waals surface area (Å²) in [7, 11) is 0. The number of hydrogen-bond acceptors (Lipinski definition) is 2. The van der Waals surface area contributed by atoms with Gasteiger partial charge in [0.2, 0.25) is 0 Å². The summed E-state index contributed by atoms with van der Waals surface area (Å²) < 4.78 is 1.98. The van der Waals surface area contributed by atoms with Crippen LogP contribution >= 0.6 is 12.4 Å². The maximum atomic E-state index is 4.24. The molecular weight excluding hydrogens is 198 g/mol. The Hall–Kier alpha value is -0.700. The van der Waals surface area contributed by atoms with Crippen molar-refractivity contribution in [2.75, 3.05) is 11.9 Å². The van der Waals surface area contributed by atoms with E-state index in [4.69, 9.17) is 0 Å². The quantitative estimate of drug-likeness (QED) is 0.743. The highest BCUT2D eigenvalue weighted by Gasteiger charge is 1.95. The fourth-order valence-electron chi connectivity index (χ4n) is 1.22. The van der Waals surface area contributed by atoms with Crippen LogP contribution in [0.15, 0.2) is 12.4 Å². The predicted octanol–water partition coefficient (Wildman–Crippen LogP) is 2.93. The van der Waals surface area contributed by atoms with Crippen LogP contribution in [0.4, 0.5) is 5.69 Å². The van der Waals surface area contributed by atoms with Gasteiger partial charge in [0.1, 0.15) is 0 Å². The van der Waals surface area contributed by atoms with Gasteiger partial charge in [-0.3, -0.25) is 4.68 Å². The molecule has 82 valence electrons. The number of unbranched alkanes of at least 4 members (excludes halogenated alkanes) is 1. The molecule has 1 aromatic heterocycles. The summed E-state index contributed by atoms with van der Waals surface area (Å²) in [5.74, 6) is 0. The monoisotopic (exact) mass is 217 g/mol. The molecule has 0 aliphatic carbocycles. The van der Waals surface area contributed by atoms with E-state index in [9.17, 15) is 0 Å². The number of rotatable bonds is 6. The van der Waals surface area contributed by atoms with E-state index in [-0.39, 0.29) is 12.4 Å². The molecule has 0 saturated carbocycles. The summed E-state index contributed by atoms with van der Waals surface area (Å²) in [5.41, 5.74) is 1.14. The van der Waals surface area contributed by atoms with Gasteiger partial charge in [0.25, 0.3) is 0 Å². The molecule has 3 nitrogen and oxygen atoms in total. The Morgan fingerprint density at radius 1 is 1.36 bits per heavy atom. The molecule has 0 saturated heterocycles. The molecule has 0 radical (unpaired) electrons. The fourth-order valence-corrected chi connectivity index (χ4v) is 1.22. The summed E-state index contributed by atoms with van der Waals surface area (Å²) in [6.07, 6.45) is 7.55. The topological polar surface area (TPSA) is 29.9 Å². The van der Waals surface area contributed by atoms with Crippen molar-refractivity contribution in [2.24, 2.45) is 0 Å². The van der Waals surface area contributed by atoms with Gasteiger partial charge in [0.15, 0.2) is 0 Å². The van der Waals surface area contributed by atoms with E-state index < -0.39 is 0 Å². The van der Waals surface area contributed by atoms with Crippen LogP contribution in [0, 0.1) is 0 Å². The highest BCUT2D eigenvalue weighted by Crippen LogP contribution is 2.05. The van der Waals surface area contributed by atoms with Crippen molar-refractivity contribution < 1.29 is 0 Å². The Kier molecular flexibility index (Phi) is 7.30. The number of nitrogens with one attached hydrogen (secondary N) is 1. The molecule has 0 aliphatic rings. The Balaban J connectivity index is 0.00000169. The molecule has 1 aromatic rings. The van der Waals surface area contributed by atoms with Crippen LogP contribution in [0.5, 0.6) is 0 Å². The van der Waals surface area contributed by atoms with Gasteiger partial charge in [-0.2, -0.15) is 5.10 Å². The van der Waals surface area contributed by atoms with E-state index in [0.29, 0.717) is 0 Å². The van der Waals surface area contributed by atoms with Crippen LogP contribution in [0.2, 0.25) is 0 Å². The van der Waals surface area contributed by atoms with Crippen molar-refractivity contribution in [3.8, 4) is 0 Å². The molecule has 0 amide bonds. The maximum Gasteiger partial charge on any atom is 0.0726 e. The summed E-state index contributed by atoms with van der Waals surface area (Å²) in [5, 5.41) is 7.58. The standard InChI is InChI=1S/C10H19N3.ClH/c1-3-5-6-11-10-8-12-13(9-10)7-4-2;/h8-9,11H,3-7H2,1-2H3;1H. The SMILES string of the molecule is CCCCNc1cnn(CCC)c1.Cl. The highest BCUT2D eigenvalue weighted by molar-refractivity contribution is 5.85. The molecule has 0 spiro atoms. The number of nitrogens with zero attached hydrogens (tertiary/aromatic N) is 2. The summed E-state index contributed by atoms with van der Waals surface area (Å²) >= 11 is 0. The molecule has 0 bridgehead atoms. The van der Waals surface area contributed by atoms with Crippen LogP contribution in [0.25, 0.3) is 0 Å². The smallest absolute Gasteiger partial charge is 0.0726 e. The molecule has 14 heavy (non-hydrogen) atoms. The Labute approximate surface area is 92.3 Å². The number of anilines is 1. The van der Waals surface area contributed by atoms with Gasteiger partial charge in [0.05, 0.1) is 11.9 Å². The minimum atomic E-state index is 0. The normalized spacial score (nSPS) is 9.57. The van der Waals surface area contributed by atoms with Crippen molar-refractivity contribution in [2.45, 2.75) is 39.7 Å². The minimum Gasteiger partial charge on any atom is -0.383 e. The number of halogens is 1. The highest BCUT2D eigenvalue weighted by atomic mass is 35.5. The van der Waals surface area contributed by atoms with Crippen LogP contribution in [-0.2, 0) is 6.54 Å². The third kappa shape index (κ3) is 4.51. The molecular formula is C10H20ClN3. The summed E-state index contributed by atoms with van der Waals surface area (Å²) in [4.78, 5) is 0. The molecule has 0 unspecified atom stereocenters. The van der Waals surface area contributed by atoms with Gasteiger partial charge in [-0.05, 0) is 12.8 Å². The largest absolute Gasteiger partial charge is 0.383 e. The fraction of sp³-hybridized carbons (Fsp3) is 0.700. The predicted molar refractivity (Wildman–Crippen MR) is 63.2 cm³/mol. The van der Waals surface area contributed by atoms with Gasteiger partial charge in [-0.15, -0.1) is 12.4 Å². The van der Waals surface area contributed by atoms with E-state index in [2.05, 4.69) is 30.5 Å². The molecule has 1 heterocycles. The van der Waals surface area contributed by atoms with Gasteiger partial charge in [-0.25, -0.2) is 0 Å². The van der Waals surface area contributed by atoms with Crippen molar-refractivity contribution in [3.63, 3.8) is 0 Å². The molecule has 0 fully saturated rings. The molecule has 1 N–H and O–H groups in total. The number of aromatic nitrogens is 2. The lowest BCUT2D eigenvalue weighted by Crippen LogP contribution is -2.00. The molecule has 4 heteroatoms. The lowest BCUT2D eigenvalue weighted by atomic mass is 10.3. The van der Waals surface area contributed by atoms with Crippen LogP contribution < -0.4 is 5.32 Å². The Morgan fingerprint density at radius 2 is 2.14 bits per heavy atom. The molecule has 1 rings (SSSR count). The zero-order valence-electron chi connectivity index (χ0n) is 8.99. The van der Waals surface area contributed by atoms with Gasteiger partial charge >= 0.3 is 0 Å². The zero-order valence-corrected chi connectivity index (χ0v) is 9.81. The minimum absolute atomic E-state index is 0. The lowest BCUT2D eigenvalue weighted by Gasteiger charge is -2.00. The lowest BCUT2D eigenvalue weighted by molar-refractivity contribution is 0.603.